The van der Waals surface area contributed by atoms with Crippen molar-refractivity contribution in [2.24, 2.45) is 0 Å². The third-order valence-corrected chi connectivity index (χ3v) is 4.58. The maximum absolute atomic E-state index is 12.3. The number of ketones is 2. The van der Waals surface area contributed by atoms with Gasteiger partial charge in [0.25, 0.3) is 0 Å². The van der Waals surface area contributed by atoms with Gasteiger partial charge in [0.2, 0.25) is 5.78 Å². The molecule has 0 fully saturated rings. The fourth-order valence-electron chi connectivity index (χ4n) is 2.54. The monoisotopic (exact) mass is 416 g/mol. The average molecular weight is 417 g/mol. The SMILES string of the molecule is Cc1ccc(C)c(C(=O)CCC(=O)O[C@@H](C)C(=O)c2ccc(Br)cc2)c1. The Morgan fingerprint density at radius 1 is 1.00 bits per heavy atom. The maximum atomic E-state index is 12.3. The van der Waals surface area contributed by atoms with E-state index in [1.54, 1.807) is 24.3 Å². The van der Waals surface area contributed by atoms with Crippen LogP contribution in [0, 0.1) is 13.8 Å². The van der Waals surface area contributed by atoms with Gasteiger partial charge in [-0.05, 0) is 44.5 Å². The van der Waals surface area contributed by atoms with E-state index in [0.717, 1.165) is 15.6 Å². The summed E-state index contributed by atoms with van der Waals surface area (Å²) in [6, 6.07) is 12.5. The van der Waals surface area contributed by atoms with Crippen LogP contribution in [-0.2, 0) is 9.53 Å². The molecule has 0 N–H and O–H groups in total. The van der Waals surface area contributed by atoms with Crippen LogP contribution < -0.4 is 0 Å². The van der Waals surface area contributed by atoms with E-state index < -0.39 is 12.1 Å². The molecule has 0 unspecified atom stereocenters. The van der Waals surface area contributed by atoms with Gasteiger partial charge in [-0.1, -0.05) is 45.8 Å². The minimum atomic E-state index is -0.889. The Labute approximate surface area is 161 Å². The first-order valence-corrected chi connectivity index (χ1v) is 9.17. The number of aryl methyl sites for hydroxylation is 2. The van der Waals surface area contributed by atoms with E-state index in [1.807, 2.05) is 32.0 Å². The Bertz CT molecular complexity index is 824. The second kappa shape index (κ2) is 8.90. The number of rotatable bonds is 7. The zero-order valence-corrected chi connectivity index (χ0v) is 16.6. The van der Waals surface area contributed by atoms with Crippen LogP contribution in [0.5, 0.6) is 0 Å². The van der Waals surface area contributed by atoms with Gasteiger partial charge in [0.05, 0.1) is 6.42 Å². The number of hydrogen-bond donors (Lipinski definition) is 0. The summed E-state index contributed by atoms with van der Waals surface area (Å²) >= 11 is 3.31. The van der Waals surface area contributed by atoms with Crippen LogP contribution in [0.3, 0.4) is 0 Å². The standard InChI is InChI=1S/C21H21BrO4/c1-13-4-5-14(2)18(12-13)19(23)10-11-20(24)26-15(3)21(25)16-6-8-17(22)9-7-16/h4-9,12,15H,10-11H2,1-3H3/t15-/m0/s1. The third-order valence-electron chi connectivity index (χ3n) is 4.06. The lowest BCUT2D eigenvalue weighted by Gasteiger charge is -2.12. The van der Waals surface area contributed by atoms with Gasteiger partial charge in [0, 0.05) is 22.0 Å². The maximum Gasteiger partial charge on any atom is 0.306 e. The lowest BCUT2D eigenvalue weighted by molar-refractivity contribution is -0.146. The number of carbonyl (C=O) groups excluding carboxylic acids is 3. The first-order chi connectivity index (χ1) is 12.3. The summed E-state index contributed by atoms with van der Waals surface area (Å²) in [4.78, 5) is 36.6. The molecule has 0 saturated heterocycles. The molecular weight excluding hydrogens is 396 g/mol. The van der Waals surface area contributed by atoms with Crippen LogP contribution in [0.1, 0.15) is 51.6 Å². The van der Waals surface area contributed by atoms with Crippen molar-refractivity contribution in [2.75, 3.05) is 0 Å². The van der Waals surface area contributed by atoms with E-state index in [2.05, 4.69) is 15.9 Å². The van der Waals surface area contributed by atoms with Crippen LogP contribution in [-0.4, -0.2) is 23.6 Å². The minimum Gasteiger partial charge on any atom is -0.454 e. The number of esters is 1. The summed E-state index contributed by atoms with van der Waals surface area (Å²) in [5, 5.41) is 0. The molecule has 1 atom stereocenters. The van der Waals surface area contributed by atoms with Gasteiger partial charge < -0.3 is 4.74 Å². The smallest absolute Gasteiger partial charge is 0.306 e. The molecule has 0 aromatic heterocycles. The molecule has 0 aliphatic heterocycles. The van der Waals surface area contributed by atoms with Gasteiger partial charge in [-0.3, -0.25) is 14.4 Å². The molecule has 0 spiro atoms. The van der Waals surface area contributed by atoms with Gasteiger partial charge in [0.1, 0.15) is 0 Å². The minimum absolute atomic E-state index is 0.0514. The van der Waals surface area contributed by atoms with E-state index >= 15 is 0 Å². The fraction of sp³-hybridized carbons (Fsp3) is 0.286. The quantitative estimate of drug-likeness (QED) is 0.478. The van der Waals surface area contributed by atoms with Crippen LogP contribution >= 0.6 is 15.9 Å². The van der Waals surface area contributed by atoms with Crippen LogP contribution in [0.4, 0.5) is 0 Å². The van der Waals surface area contributed by atoms with E-state index in [0.29, 0.717) is 11.1 Å². The molecular formula is C21H21BrO4. The molecule has 2 aromatic rings. The molecule has 26 heavy (non-hydrogen) atoms. The molecule has 0 amide bonds. The molecule has 0 radical (unpaired) electrons. The number of halogens is 1. The van der Waals surface area contributed by atoms with Crippen molar-refractivity contribution in [2.45, 2.75) is 39.7 Å². The molecule has 136 valence electrons. The molecule has 4 nitrogen and oxygen atoms in total. The Hall–Kier alpha value is -2.27. The predicted octanol–water partition coefficient (Wildman–Crippen LogP) is 4.84. The summed E-state index contributed by atoms with van der Waals surface area (Å²) in [5.74, 6) is -0.927. The highest BCUT2D eigenvalue weighted by molar-refractivity contribution is 9.10. The largest absolute Gasteiger partial charge is 0.454 e. The lowest BCUT2D eigenvalue weighted by Crippen LogP contribution is -2.24. The zero-order valence-electron chi connectivity index (χ0n) is 15.0. The van der Waals surface area contributed by atoms with E-state index in [1.165, 1.54) is 6.92 Å². The van der Waals surface area contributed by atoms with Crippen LogP contribution in [0.15, 0.2) is 46.9 Å². The Kier molecular flexibility index (Phi) is 6.86. The summed E-state index contributed by atoms with van der Waals surface area (Å²) in [5.41, 5.74) is 2.97. The first-order valence-electron chi connectivity index (χ1n) is 8.37. The molecule has 0 heterocycles. The summed E-state index contributed by atoms with van der Waals surface area (Å²) in [7, 11) is 0. The van der Waals surface area contributed by atoms with E-state index in [4.69, 9.17) is 4.74 Å². The highest BCUT2D eigenvalue weighted by Crippen LogP contribution is 2.16. The fourth-order valence-corrected chi connectivity index (χ4v) is 2.81. The number of benzene rings is 2. The molecule has 2 rings (SSSR count). The third kappa shape index (κ3) is 5.36. The van der Waals surface area contributed by atoms with Crippen molar-refractivity contribution in [1.82, 2.24) is 0 Å². The molecule has 5 heteroatoms. The molecule has 0 aliphatic rings. The van der Waals surface area contributed by atoms with Crippen molar-refractivity contribution in [3.63, 3.8) is 0 Å². The molecule has 0 bridgehead atoms. The van der Waals surface area contributed by atoms with Gasteiger partial charge in [0.15, 0.2) is 11.9 Å². The highest BCUT2D eigenvalue weighted by Gasteiger charge is 2.20. The van der Waals surface area contributed by atoms with Gasteiger partial charge in [-0.15, -0.1) is 0 Å². The molecule has 0 aliphatic carbocycles. The average Bonchev–Trinajstić information content (AvgIpc) is 2.61. The number of Topliss-reactive ketones (excluding diaryl/α,β-unsaturated/α-hetero) is 2. The van der Waals surface area contributed by atoms with Crippen LogP contribution in [0.25, 0.3) is 0 Å². The second-order valence-electron chi connectivity index (χ2n) is 6.24. The van der Waals surface area contributed by atoms with Crippen molar-refractivity contribution in [3.05, 3.63) is 69.2 Å². The lowest BCUT2D eigenvalue weighted by atomic mass is 9.99. The van der Waals surface area contributed by atoms with Crippen molar-refractivity contribution < 1.29 is 19.1 Å². The Morgan fingerprint density at radius 3 is 2.31 bits per heavy atom. The Balaban J connectivity index is 1.89. The van der Waals surface area contributed by atoms with E-state index in [9.17, 15) is 14.4 Å². The van der Waals surface area contributed by atoms with Gasteiger partial charge in [-0.25, -0.2) is 0 Å². The van der Waals surface area contributed by atoms with Crippen molar-refractivity contribution in [1.29, 1.82) is 0 Å². The number of ether oxygens (including phenoxy) is 1. The normalized spacial score (nSPS) is 11.7. The molecule has 2 aromatic carbocycles. The second-order valence-corrected chi connectivity index (χ2v) is 7.16. The predicted molar refractivity (Wildman–Crippen MR) is 104 cm³/mol. The number of hydrogen-bond acceptors (Lipinski definition) is 4. The summed E-state index contributed by atoms with van der Waals surface area (Å²) in [6.45, 7) is 5.32. The highest BCUT2D eigenvalue weighted by atomic mass is 79.9. The van der Waals surface area contributed by atoms with Crippen LogP contribution in [0.2, 0.25) is 0 Å². The van der Waals surface area contributed by atoms with Gasteiger partial charge >= 0.3 is 5.97 Å². The molecule has 0 saturated carbocycles. The summed E-state index contributed by atoms with van der Waals surface area (Å²) in [6.07, 6.45) is -0.883. The van der Waals surface area contributed by atoms with Crippen molar-refractivity contribution >= 4 is 33.5 Å². The first kappa shape index (κ1) is 20.0. The number of carbonyl (C=O) groups is 3. The Morgan fingerprint density at radius 2 is 1.65 bits per heavy atom. The zero-order chi connectivity index (χ0) is 19.3. The summed E-state index contributed by atoms with van der Waals surface area (Å²) < 4.78 is 6.05. The van der Waals surface area contributed by atoms with E-state index in [-0.39, 0.29) is 24.4 Å². The van der Waals surface area contributed by atoms with Crippen molar-refractivity contribution in [3.8, 4) is 0 Å². The topological polar surface area (TPSA) is 60.4 Å². The van der Waals surface area contributed by atoms with Gasteiger partial charge in [-0.2, -0.15) is 0 Å².